The molecule has 4 nitrogen and oxygen atoms in total. The van der Waals surface area contributed by atoms with E-state index in [1.807, 2.05) is 0 Å². The van der Waals surface area contributed by atoms with Gasteiger partial charge in [0, 0.05) is 13.0 Å². The Kier molecular flexibility index (Phi) is 5.80. The molecule has 5 heteroatoms. The molecule has 1 aliphatic heterocycles. The van der Waals surface area contributed by atoms with Gasteiger partial charge in [-0.1, -0.05) is 12.1 Å². The van der Waals surface area contributed by atoms with Crippen molar-refractivity contribution in [1.29, 1.82) is 0 Å². The second kappa shape index (κ2) is 7.85. The Morgan fingerprint density at radius 3 is 3.05 bits per heavy atom. The molecule has 1 unspecified atom stereocenters. The van der Waals surface area contributed by atoms with E-state index in [1.165, 1.54) is 6.07 Å². The SMILES string of the molecule is O=C(CCCOc1ccccc1F)NC1CCCOC1. The molecule has 1 fully saturated rings. The molecule has 0 radical (unpaired) electrons. The van der Waals surface area contributed by atoms with E-state index in [0.717, 1.165) is 19.4 Å². The molecule has 0 aliphatic carbocycles. The smallest absolute Gasteiger partial charge is 0.220 e. The first-order valence-corrected chi connectivity index (χ1v) is 7.00. The van der Waals surface area contributed by atoms with E-state index in [-0.39, 0.29) is 23.5 Å². The van der Waals surface area contributed by atoms with Gasteiger partial charge in [0.1, 0.15) is 0 Å². The van der Waals surface area contributed by atoms with Gasteiger partial charge < -0.3 is 14.8 Å². The van der Waals surface area contributed by atoms with Crippen LogP contribution in [0, 0.1) is 5.82 Å². The van der Waals surface area contributed by atoms with Crippen molar-refractivity contribution in [3.05, 3.63) is 30.1 Å². The summed E-state index contributed by atoms with van der Waals surface area (Å²) in [5.74, 6) is -0.150. The van der Waals surface area contributed by atoms with Crippen molar-refractivity contribution in [3.8, 4) is 5.75 Å². The fraction of sp³-hybridized carbons (Fsp3) is 0.533. The highest BCUT2D eigenvalue weighted by molar-refractivity contribution is 5.76. The standard InChI is InChI=1S/C15H20FNO3/c16-13-6-1-2-7-14(13)20-10-4-8-15(18)17-12-5-3-9-19-11-12/h1-2,6-7,12H,3-5,8-11H2,(H,17,18). The Balaban J connectivity index is 1.60. The van der Waals surface area contributed by atoms with Crippen LogP contribution in [-0.2, 0) is 9.53 Å². The van der Waals surface area contributed by atoms with Gasteiger partial charge in [-0.2, -0.15) is 0 Å². The fourth-order valence-electron chi connectivity index (χ4n) is 2.13. The molecule has 0 spiro atoms. The van der Waals surface area contributed by atoms with Crippen LogP contribution in [0.4, 0.5) is 4.39 Å². The van der Waals surface area contributed by atoms with Gasteiger partial charge in [-0.05, 0) is 31.4 Å². The number of rotatable bonds is 6. The topological polar surface area (TPSA) is 47.6 Å². The third-order valence-electron chi connectivity index (χ3n) is 3.17. The largest absolute Gasteiger partial charge is 0.491 e. The van der Waals surface area contributed by atoms with Crippen LogP contribution < -0.4 is 10.1 Å². The molecule has 110 valence electrons. The van der Waals surface area contributed by atoms with Crippen molar-refractivity contribution in [2.75, 3.05) is 19.8 Å². The molecule has 1 saturated heterocycles. The summed E-state index contributed by atoms with van der Waals surface area (Å²) in [5.41, 5.74) is 0. The highest BCUT2D eigenvalue weighted by Crippen LogP contribution is 2.15. The number of amides is 1. The van der Waals surface area contributed by atoms with Gasteiger partial charge in [0.15, 0.2) is 11.6 Å². The van der Waals surface area contributed by atoms with E-state index >= 15 is 0 Å². The summed E-state index contributed by atoms with van der Waals surface area (Å²) in [5, 5.41) is 2.94. The number of nitrogens with one attached hydrogen (secondary N) is 1. The average molecular weight is 281 g/mol. The lowest BCUT2D eigenvalue weighted by atomic mass is 10.1. The minimum Gasteiger partial charge on any atom is -0.491 e. The number of halogens is 1. The van der Waals surface area contributed by atoms with Gasteiger partial charge in [0.25, 0.3) is 0 Å². The van der Waals surface area contributed by atoms with Crippen LogP contribution in [0.25, 0.3) is 0 Å². The molecular weight excluding hydrogens is 261 g/mol. The van der Waals surface area contributed by atoms with Gasteiger partial charge in [0.2, 0.25) is 5.91 Å². The molecule has 0 saturated carbocycles. The van der Waals surface area contributed by atoms with Gasteiger partial charge in [-0.3, -0.25) is 4.79 Å². The predicted molar refractivity (Wildman–Crippen MR) is 73.1 cm³/mol. The van der Waals surface area contributed by atoms with E-state index in [2.05, 4.69) is 5.32 Å². The number of benzene rings is 1. The molecule has 1 amide bonds. The highest BCUT2D eigenvalue weighted by Gasteiger charge is 2.15. The third-order valence-corrected chi connectivity index (χ3v) is 3.17. The van der Waals surface area contributed by atoms with E-state index in [4.69, 9.17) is 9.47 Å². The number of hydrogen-bond acceptors (Lipinski definition) is 3. The first-order chi connectivity index (χ1) is 9.75. The summed E-state index contributed by atoms with van der Waals surface area (Å²) in [6.07, 6.45) is 2.90. The summed E-state index contributed by atoms with van der Waals surface area (Å²) in [6.45, 7) is 1.70. The zero-order chi connectivity index (χ0) is 14.2. The molecular formula is C15H20FNO3. The van der Waals surface area contributed by atoms with E-state index in [0.29, 0.717) is 26.1 Å². The van der Waals surface area contributed by atoms with Crippen molar-refractivity contribution in [2.24, 2.45) is 0 Å². The molecule has 1 atom stereocenters. The van der Waals surface area contributed by atoms with E-state index < -0.39 is 0 Å². The van der Waals surface area contributed by atoms with Crippen molar-refractivity contribution in [1.82, 2.24) is 5.32 Å². The molecule has 1 aromatic rings. The van der Waals surface area contributed by atoms with Crippen LogP contribution in [0.5, 0.6) is 5.75 Å². The second-order valence-corrected chi connectivity index (χ2v) is 4.86. The number of ether oxygens (including phenoxy) is 2. The molecule has 20 heavy (non-hydrogen) atoms. The maximum atomic E-state index is 13.3. The molecule has 1 aromatic carbocycles. The van der Waals surface area contributed by atoms with Gasteiger partial charge >= 0.3 is 0 Å². The van der Waals surface area contributed by atoms with Gasteiger partial charge in [0.05, 0.1) is 19.3 Å². The summed E-state index contributed by atoms with van der Waals surface area (Å²) < 4.78 is 23.9. The predicted octanol–water partition coefficient (Wildman–Crippen LogP) is 2.28. The van der Waals surface area contributed by atoms with Crippen LogP contribution in [0.15, 0.2) is 24.3 Å². The highest BCUT2D eigenvalue weighted by atomic mass is 19.1. The lowest BCUT2D eigenvalue weighted by Crippen LogP contribution is -2.40. The van der Waals surface area contributed by atoms with Gasteiger partial charge in [-0.25, -0.2) is 4.39 Å². The first kappa shape index (κ1) is 14.8. The summed E-state index contributed by atoms with van der Waals surface area (Å²) in [4.78, 5) is 11.7. The van der Waals surface area contributed by atoms with Crippen molar-refractivity contribution in [2.45, 2.75) is 31.7 Å². The quantitative estimate of drug-likeness (QED) is 0.814. The third kappa shape index (κ3) is 4.81. The molecule has 1 N–H and O–H groups in total. The first-order valence-electron chi connectivity index (χ1n) is 7.00. The maximum absolute atomic E-state index is 13.3. The lowest BCUT2D eigenvalue weighted by Gasteiger charge is -2.23. The second-order valence-electron chi connectivity index (χ2n) is 4.86. The van der Waals surface area contributed by atoms with Crippen molar-refractivity contribution >= 4 is 5.91 Å². The summed E-state index contributed by atoms with van der Waals surface area (Å²) in [6, 6.07) is 6.39. The monoisotopic (exact) mass is 281 g/mol. The van der Waals surface area contributed by atoms with Crippen LogP contribution in [0.2, 0.25) is 0 Å². The zero-order valence-corrected chi connectivity index (χ0v) is 11.4. The number of carbonyl (C=O) groups excluding carboxylic acids is 1. The van der Waals surface area contributed by atoms with E-state index in [1.54, 1.807) is 18.2 Å². The van der Waals surface area contributed by atoms with E-state index in [9.17, 15) is 9.18 Å². The Labute approximate surface area is 118 Å². The molecule has 0 bridgehead atoms. The molecule has 1 heterocycles. The van der Waals surface area contributed by atoms with Crippen LogP contribution >= 0.6 is 0 Å². The lowest BCUT2D eigenvalue weighted by molar-refractivity contribution is -0.122. The number of para-hydroxylation sites is 1. The van der Waals surface area contributed by atoms with Crippen LogP contribution in [0.3, 0.4) is 0 Å². The average Bonchev–Trinajstić information content (AvgIpc) is 2.46. The summed E-state index contributed by atoms with van der Waals surface area (Å²) >= 11 is 0. The summed E-state index contributed by atoms with van der Waals surface area (Å²) in [7, 11) is 0. The molecule has 1 aliphatic rings. The fourth-order valence-corrected chi connectivity index (χ4v) is 2.13. The molecule has 0 aromatic heterocycles. The number of hydrogen-bond donors (Lipinski definition) is 1. The Morgan fingerprint density at radius 2 is 2.30 bits per heavy atom. The van der Waals surface area contributed by atoms with Crippen LogP contribution in [-0.4, -0.2) is 31.8 Å². The minimum absolute atomic E-state index is 0.00219. The van der Waals surface area contributed by atoms with Crippen molar-refractivity contribution in [3.63, 3.8) is 0 Å². The minimum atomic E-state index is -0.378. The normalized spacial score (nSPS) is 18.6. The Bertz CT molecular complexity index is 433. The van der Waals surface area contributed by atoms with Crippen molar-refractivity contribution < 1.29 is 18.7 Å². The zero-order valence-electron chi connectivity index (χ0n) is 11.4. The Hall–Kier alpha value is -1.62. The van der Waals surface area contributed by atoms with Gasteiger partial charge in [-0.15, -0.1) is 0 Å². The Morgan fingerprint density at radius 1 is 1.45 bits per heavy atom. The molecule has 2 rings (SSSR count). The van der Waals surface area contributed by atoms with Crippen LogP contribution in [0.1, 0.15) is 25.7 Å². The maximum Gasteiger partial charge on any atom is 0.220 e. The number of carbonyl (C=O) groups is 1.